The number of hydrogen-bond acceptors (Lipinski definition) is 7. The van der Waals surface area contributed by atoms with Gasteiger partial charge in [0, 0.05) is 41.7 Å². The Morgan fingerprint density at radius 2 is 1.97 bits per heavy atom. The van der Waals surface area contributed by atoms with Crippen LogP contribution in [0.5, 0.6) is 5.75 Å². The summed E-state index contributed by atoms with van der Waals surface area (Å²) in [5.41, 5.74) is 2.83. The lowest BCUT2D eigenvalue weighted by atomic mass is 9.98. The highest BCUT2D eigenvalue weighted by atomic mass is 32.2. The highest BCUT2D eigenvalue weighted by molar-refractivity contribution is 8.01. The van der Waals surface area contributed by atoms with E-state index >= 15 is 0 Å². The monoisotopic (exact) mass is 507 g/mol. The highest BCUT2D eigenvalue weighted by Gasteiger charge is 2.33. The number of carbonyl (C=O) groups excluding carboxylic acids is 1. The lowest BCUT2D eigenvalue weighted by molar-refractivity contribution is 0.0942. The van der Waals surface area contributed by atoms with Gasteiger partial charge in [-0.05, 0) is 48.7 Å². The number of Topliss-reactive ketones (excluding diaryl/α,β-unsaturated/α-hetero) is 1. The Bertz CT molecular complexity index is 1450. The third-order valence-electron chi connectivity index (χ3n) is 6.04. The van der Waals surface area contributed by atoms with Gasteiger partial charge in [0.1, 0.15) is 12.4 Å². The van der Waals surface area contributed by atoms with Crippen molar-refractivity contribution in [3.8, 4) is 5.75 Å². The van der Waals surface area contributed by atoms with Crippen molar-refractivity contribution in [2.45, 2.75) is 13.5 Å². The first-order valence-corrected chi connectivity index (χ1v) is 13.9. The van der Waals surface area contributed by atoms with Gasteiger partial charge in [-0.25, -0.2) is 12.4 Å². The SMILES string of the molecule is CCS(=O)(=O)n1cc(C(=O)C2CSN(c3cccnc3)C2)c2ccc(OCc3ccccc3)cc21. The zero-order valence-electron chi connectivity index (χ0n) is 19.2. The number of ether oxygens (including phenoxy) is 1. The van der Waals surface area contributed by atoms with Crippen LogP contribution in [0.2, 0.25) is 0 Å². The minimum absolute atomic E-state index is 0.0584. The van der Waals surface area contributed by atoms with Crippen LogP contribution in [0.15, 0.2) is 79.3 Å². The number of nitrogens with zero attached hydrogens (tertiary/aromatic N) is 3. The summed E-state index contributed by atoms with van der Waals surface area (Å²) in [4.78, 5) is 17.7. The quantitative estimate of drug-likeness (QED) is 0.251. The van der Waals surface area contributed by atoms with Crippen LogP contribution in [-0.4, -0.2) is 41.2 Å². The van der Waals surface area contributed by atoms with Crippen molar-refractivity contribution < 1.29 is 17.9 Å². The Kier molecular flexibility index (Phi) is 6.53. The summed E-state index contributed by atoms with van der Waals surface area (Å²) in [6.07, 6.45) is 4.97. The van der Waals surface area contributed by atoms with Crippen LogP contribution in [0.4, 0.5) is 5.69 Å². The van der Waals surface area contributed by atoms with Gasteiger partial charge in [0.15, 0.2) is 5.78 Å². The van der Waals surface area contributed by atoms with E-state index in [2.05, 4.69) is 9.29 Å². The van der Waals surface area contributed by atoms with Crippen LogP contribution in [-0.2, 0) is 16.6 Å². The summed E-state index contributed by atoms with van der Waals surface area (Å²) in [5, 5.41) is 0.615. The summed E-state index contributed by atoms with van der Waals surface area (Å²) in [7, 11) is -3.61. The third-order valence-corrected chi connectivity index (χ3v) is 8.90. The Hall–Kier alpha value is -3.30. The zero-order valence-corrected chi connectivity index (χ0v) is 20.8. The molecule has 5 rings (SSSR count). The number of hydrogen-bond donors (Lipinski definition) is 0. The number of benzene rings is 2. The molecule has 0 spiro atoms. The van der Waals surface area contributed by atoms with E-state index in [1.54, 1.807) is 49.5 Å². The van der Waals surface area contributed by atoms with Crippen molar-refractivity contribution >= 4 is 44.3 Å². The fourth-order valence-electron chi connectivity index (χ4n) is 4.12. The summed E-state index contributed by atoms with van der Waals surface area (Å²) in [6.45, 7) is 2.50. The van der Waals surface area contributed by atoms with Gasteiger partial charge in [0.25, 0.3) is 0 Å². The van der Waals surface area contributed by atoms with Gasteiger partial charge in [0.05, 0.1) is 29.1 Å². The van der Waals surface area contributed by atoms with Gasteiger partial charge in [-0.2, -0.15) is 0 Å². The molecule has 0 bridgehead atoms. The zero-order chi connectivity index (χ0) is 24.4. The fraction of sp³-hybridized carbons (Fsp3) is 0.231. The van der Waals surface area contributed by atoms with E-state index in [4.69, 9.17) is 4.74 Å². The molecule has 2 aromatic heterocycles. The molecule has 0 amide bonds. The van der Waals surface area contributed by atoms with Gasteiger partial charge in [-0.15, -0.1) is 0 Å². The minimum Gasteiger partial charge on any atom is -0.489 e. The van der Waals surface area contributed by atoms with Gasteiger partial charge in [-0.1, -0.05) is 30.3 Å². The van der Waals surface area contributed by atoms with E-state index in [9.17, 15) is 13.2 Å². The summed E-state index contributed by atoms with van der Waals surface area (Å²) in [6, 6.07) is 18.9. The summed E-state index contributed by atoms with van der Waals surface area (Å²) in [5.74, 6) is 0.784. The molecule has 1 aliphatic rings. The molecule has 1 unspecified atom stereocenters. The largest absolute Gasteiger partial charge is 0.489 e. The van der Waals surface area contributed by atoms with Gasteiger partial charge < -0.3 is 9.04 Å². The van der Waals surface area contributed by atoms with Crippen LogP contribution >= 0.6 is 11.9 Å². The van der Waals surface area contributed by atoms with E-state index < -0.39 is 10.0 Å². The van der Waals surface area contributed by atoms with Crippen molar-refractivity contribution in [2.24, 2.45) is 5.92 Å². The summed E-state index contributed by atoms with van der Waals surface area (Å²) >= 11 is 1.58. The summed E-state index contributed by atoms with van der Waals surface area (Å²) < 4.78 is 35.0. The molecule has 7 nitrogen and oxygen atoms in total. The number of fused-ring (bicyclic) bond motifs is 1. The van der Waals surface area contributed by atoms with Crippen molar-refractivity contribution in [3.63, 3.8) is 0 Å². The molecule has 0 radical (unpaired) electrons. The van der Waals surface area contributed by atoms with E-state index in [1.807, 2.05) is 42.5 Å². The molecule has 1 aliphatic heterocycles. The number of aromatic nitrogens is 2. The van der Waals surface area contributed by atoms with Crippen LogP contribution < -0.4 is 9.04 Å². The first-order chi connectivity index (χ1) is 17.0. The van der Waals surface area contributed by atoms with Crippen molar-refractivity contribution in [2.75, 3.05) is 22.4 Å². The normalized spacial score (nSPS) is 16.0. The molecular weight excluding hydrogens is 482 g/mol. The molecule has 35 heavy (non-hydrogen) atoms. The average molecular weight is 508 g/mol. The Morgan fingerprint density at radius 3 is 2.71 bits per heavy atom. The average Bonchev–Trinajstić information content (AvgIpc) is 3.54. The van der Waals surface area contributed by atoms with E-state index in [-0.39, 0.29) is 17.5 Å². The number of ketones is 1. The maximum absolute atomic E-state index is 13.6. The lowest BCUT2D eigenvalue weighted by Gasteiger charge is -2.15. The molecule has 3 heterocycles. The molecule has 1 fully saturated rings. The minimum atomic E-state index is -3.61. The molecule has 180 valence electrons. The Labute approximate surface area is 208 Å². The van der Waals surface area contributed by atoms with E-state index in [1.165, 1.54) is 10.2 Å². The second-order valence-corrected chi connectivity index (χ2v) is 11.5. The number of carbonyl (C=O) groups is 1. The Balaban J connectivity index is 1.45. The predicted molar refractivity (Wildman–Crippen MR) is 139 cm³/mol. The van der Waals surface area contributed by atoms with Gasteiger partial charge >= 0.3 is 0 Å². The molecule has 1 atom stereocenters. The smallest absolute Gasteiger partial charge is 0.238 e. The number of pyridine rings is 1. The predicted octanol–water partition coefficient (Wildman–Crippen LogP) is 4.78. The van der Waals surface area contributed by atoms with Crippen LogP contribution in [0, 0.1) is 5.92 Å². The first kappa shape index (κ1) is 23.4. The number of anilines is 1. The van der Waals surface area contributed by atoms with Crippen LogP contribution in [0.25, 0.3) is 10.9 Å². The van der Waals surface area contributed by atoms with E-state index in [0.29, 0.717) is 41.1 Å². The molecule has 1 saturated heterocycles. The van der Waals surface area contributed by atoms with Crippen molar-refractivity contribution in [1.29, 1.82) is 0 Å². The maximum atomic E-state index is 13.6. The second kappa shape index (κ2) is 9.75. The fourth-order valence-corrected chi connectivity index (χ4v) is 6.27. The van der Waals surface area contributed by atoms with Gasteiger partial charge in [-0.3, -0.25) is 9.78 Å². The molecule has 0 N–H and O–H groups in total. The first-order valence-electron chi connectivity index (χ1n) is 11.4. The Morgan fingerprint density at radius 1 is 1.14 bits per heavy atom. The number of rotatable bonds is 8. The van der Waals surface area contributed by atoms with Crippen molar-refractivity contribution in [3.05, 3.63) is 90.4 Å². The van der Waals surface area contributed by atoms with Gasteiger partial charge in [0.2, 0.25) is 10.0 Å². The van der Waals surface area contributed by atoms with Crippen molar-refractivity contribution in [1.82, 2.24) is 8.96 Å². The molecule has 2 aromatic carbocycles. The second-order valence-electron chi connectivity index (χ2n) is 8.32. The van der Waals surface area contributed by atoms with E-state index in [0.717, 1.165) is 11.3 Å². The molecule has 4 aromatic rings. The van der Waals surface area contributed by atoms with Crippen LogP contribution in [0.1, 0.15) is 22.8 Å². The third kappa shape index (κ3) is 4.78. The maximum Gasteiger partial charge on any atom is 0.238 e. The van der Waals surface area contributed by atoms with Crippen LogP contribution in [0.3, 0.4) is 0 Å². The molecular formula is C26H25N3O4S2. The lowest BCUT2D eigenvalue weighted by Crippen LogP contribution is -2.22. The molecule has 9 heteroatoms. The molecule has 0 saturated carbocycles. The molecule has 0 aliphatic carbocycles. The highest BCUT2D eigenvalue weighted by Crippen LogP contribution is 2.35. The standard InChI is InChI=1S/C26H25N3O4S2/c1-2-35(31,32)29-16-24(26(30)20-15-28(34-18-20)21-9-6-12-27-14-21)23-11-10-22(13-25(23)29)33-17-19-7-4-3-5-8-19/h3-14,16,20H,2,15,17-18H2,1H3. The topological polar surface area (TPSA) is 81.5 Å².